The van der Waals surface area contributed by atoms with Crippen LogP contribution in [0.1, 0.15) is 17.1 Å². The number of alkyl halides is 3. The second-order valence-electron chi connectivity index (χ2n) is 3.89. The summed E-state index contributed by atoms with van der Waals surface area (Å²) in [4.78, 5) is 7.00. The Morgan fingerprint density at radius 1 is 1.30 bits per heavy atom. The van der Waals surface area contributed by atoms with E-state index in [1.807, 2.05) is 5.43 Å². The number of nitrogens with zero attached hydrogens (tertiary/aromatic N) is 3. The number of anilines is 2. The van der Waals surface area contributed by atoms with Crippen molar-refractivity contribution in [2.75, 3.05) is 10.7 Å². The van der Waals surface area contributed by atoms with E-state index in [4.69, 9.17) is 10.4 Å². The highest BCUT2D eigenvalue weighted by Crippen LogP contribution is 2.29. The Hall–Kier alpha value is -2.36. The molecular formula is C10H11F3N6O. The molecule has 0 spiro atoms. The lowest BCUT2D eigenvalue weighted by atomic mass is 10.3. The Morgan fingerprint density at radius 3 is 2.60 bits per heavy atom. The van der Waals surface area contributed by atoms with Crippen molar-refractivity contribution >= 4 is 11.8 Å². The number of nitrogens with one attached hydrogen (secondary N) is 2. The van der Waals surface area contributed by atoms with Gasteiger partial charge in [-0.3, -0.25) is 5.43 Å². The highest BCUT2D eigenvalue weighted by atomic mass is 19.4. The summed E-state index contributed by atoms with van der Waals surface area (Å²) in [6.07, 6.45) is -4.59. The van der Waals surface area contributed by atoms with Crippen molar-refractivity contribution in [3.05, 3.63) is 29.3 Å². The van der Waals surface area contributed by atoms with Crippen LogP contribution in [0.2, 0.25) is 0 Å². The number of hydrogen-bond acceptors (Lipinski definition) is 7. The molecule has 0 bridgehead atoms. The second-order valence-corrected chi connectivity index (χ2v) is 3.89. The van der Waals surface area contributed by atoms with Gasteiger partial charge in [-0.15, -0.1) is 0 Å². The Bertz CT molecular complexity index is 597. The highest BCUT2D eigenvalue weighted by molar-refractivity contribution is 5.42. The van der Waals surface area contributed by atoms with Gasteiger partial charge in [0.15, 0.2) is 11.5 Å². The summed E-state index contributed by atoms with van der Waals surface area (Å²) < 4.78 is 42.8. The van der Waals surface area contributed by atoms with Crippen molar-refractivity contribution in [3.63, 3.8) is 0 Å². The lowest BCUT2D eigenvalue weighted by molar-refractivity contribution is -0.141. The Morgan fingerprint density at radius 2 is 2.05 bits per heavy atom. The van der Waals surface area contributed by atoms with Crippen molar-refractivity contribution in [1.82, 2.24) is 15.1 Å². The Kier molecular flexibility index (Phi) is 3.74. The zero-order valence-corrected chi connectivity index (χ0v) is 10.3. The number of hydrazine groups is 1. The van der Waals surface area contributed by atoms with Crippen molar-refractivity contribution < 1.29 is 17.7 Å². The average Bonchev–Trinajstić information content (AvgIpc) is 2.81. The molecule has 0 saturated carbocycles. The molecule has 4 N–H and O–H groups in total. The van der Waals surface area contributed by atoms with Gasteiger partial charge in [0.25, 0.3) is 0 Å². The first-order chi connectivity index (χ1) is 9.38. The molecule has 2 aromatic rings. The number of nitrogens with two attached hydrogens (primary N) is 1. The average molecular weight is 288 g/mol. The van der Waals surface area contributed by atoms with Crippen LogP contribution in [0.15, 0.2) is 16.7 Å². The molecule has 2 aromatic heterocycles. The SMILES string of the molecule is Cc1cc(CNc2cc(C(F)(F)F)nc(NN)n2)on1. The molecule has 0 fully saturated rings. The minimum absolute atomic E-state index is 0.0330. The van der Waals surface area contributed by atoms with Gasteiger partial charge in [-0.2, -0.15) is 18.2 Å². The van der Waals surface area contributed by atoms with E-state index >= 15 is 0 Å². The first-order valence-corrected chi connectivity index (χ1v) is 5.47. The normalized spacial score (nSPS) is 11.4. The van der Waals surface area contributed by atoms with Crippen LogP contribution >= 0.6 is 0 Å². The molecule has 0 aliphatic rings. The molecule has 0 aliphatic heterocycles. The maximum absolute atomic E-state index is 12.6. The van der Waals surface area contributed by atoms with Crippen molar-refractivity contribution in [1.29, 1.82) is 0 Å². The van der Waals surface area contributed by atoms with Gasteiger partial charge in [-0.25, -0.2) is 10.8 Å². The van der Waals surface area contributed by atoms with Crippen LogP contribution in [-0.4, -0.2) is 15.1 Å². The predicted molar refractivity (Wildman–Crippen MR) is 63.4 cm³/mol. The molecule has 10 heteroatoms. The molecule has 0 unspecified atom stereocenters. The Labute approximate surface area is 111 Å². The number of halogens is 3. The predicted octanol–water partition coefficient (Wildman–Crippen LogP) is 1.69. The van der Waals surface area contributed by atoms with Gasteiger partial charge in [-0.05, 0) is 6.92 Å². The molecule has 0 atom stereocenters. The standard InChI is InChI=1S/C10H11F3N6O/c1-5-2-6(20-19-5)4-15-8-3-7(10(11,12)13)16-9(17-8)18-14/h2-3H,4,14H2,1H3,(H2,15,16,17,18). The van der Waals surface area contributed by atoms with Crippen LogP contribution in [-0.2, 0) is 12.7 Å². The first-order valence-electron chi connectivity index (χ1n) is 5.47. The van der Waals surface area contributed by atoms with Gasteiger partial charge in [0, 0.05) is 12.1 Å². The van der Waals surface area contributed by atoms with Gasteiger partial charge in [0.05, 0.1) is 12.2 Å². The minimum atomic E-state index is -4.59. The van der Waals surface area contributed by atoms with E-state index in [1.165, 1.54) is 0 Å². The maximum atomic E-state index is 12.6. The van der Waals surface area contributed by atoms with E-state index in [2.05, 4.69) is 20.4 Å². The number of rotatable bonds is 4. The molecule has 0 radical (unpaired) electrons. The first kappa shape index (κ1) is 14.1. The number of aromatic nitrogens is 3. The number of hydrogen-bond donors (Lipinski definition) is 3. The molecule has 20 heavy (non-hydrogen) atoms. The number of aryl methyl sites for hydroxylation is 1. The number of nitrogen functional groups attached to an aromatic ring is 1. The maximum Gasteiger partial charge on any atom is 0.433 e. The summed E-state index contributed by atoms with van der Waals surface area (Å²) in [6.45, 7) is 1.87. The van der Waals surface area contributed by atoms with Gasteiger partial charge < -0.3 is 9.84 Å². The summed E-state index contributed by atoms with van der Waals surface area (Å²) in [6, 6.07) is 2.44. The molecular weight excluding hydrogens is 277 g/mol. The van der Waals surface area contributed by atoms with Crippen LogP contribution in [0.3, 0.4) is 0 Å². The van der Waals surface area contributed by atoms with E-state index in [9.17, 15) is 13.2 Å². The smallest absolute Gasteiger partial charge is 0.363 e. The summed E-state index contributed by atoms with van der Waals surface area (Å²) in [5, 5.41) is 6.34. The lowest BCUT2D eigenvalue weighted by Crippen LogP contribution is -2.16. The molecule has 0 aromatic carbocycles. The molecule has 7 nitrogen and oxygen atoms in total. The third-order valence-corrected chi connectivity index (χ3v) is 2.27. The third-order valence-electron chi connectivity index (χ3n) is 2.27. The van der Waals surface area contributed by atoms with E-state index in [0.29, 0.717) is 11.5 Å². The van der Waals surface area contributed by atoms with Crippen LogP contribution in [0.25, 0.3) is 0 Å². The zero-order valence-electron chi connectivity index (χ0n) is 10.3. The van der Waals surface area contributed by atoms with E-state index in [0.717, 1.165) is 6.07 Å². The van der Waals surface area contributed by atoms with E-state index in [-0.39, 0.29) is 18.3 Å². The van der Waals surface area contributed by atoms with Crippen LogP contribution in [0.4, 0.5) is 24.9 Å². The van der Waals surface area contributed by atoms with Crippen molar-refractivity contribution in [2.24, 2.45) is 5.84 Å². The highest BCUT2D eigenvalue weighted by Gasteiger charge is 2.33. The summed E-state index contributed by atoms with van der Waals surface area (Å²) in [5.74, 6) is 5.14. The van der Waals surface area contributed by atoms with E-state index < -0.39 is 11.9 Å². The van der Waals surface area contributed by atoms with Crippen molar-refractivity contribution in [2.45, 2.75) is 19.6 Å². The largest absolute Gasteiger partial charge is 0.433 e. The van der Waals surface area contributed by atoms with Gasteiger partial charge in [0.1, 0.15) is 5.82 Å². The summed E-state index contributed by atoms with van der Waals surface area (Å²) >= 11 is 0. The fraction of sp³-hybridized carbons (Fsp3) is 0.300. The molecule has 108 valence electrons. The van der Waals surface area contributed by atoms with Gasteiger partial charge in [-0.1, -0.05) is 5.16 Å². The quantitative estimate of drug-likeness (QED) is 0.581. The second kappa shape index (κ2) is 5.33. The zero-order chi connectivity index (χ0) is 14.8. The van der Waals surface area contributed by atoms with Gasteiger partial charge >= 0.3 is 6.18 Å². The molecule has 0 saturated heterocycles. The van der Waals surface area contributed by atoms with Gasteiger partial charge in [0.2, 0.25) is 5.95 Å². The topological polar surface area (TPSA) is 102 Å². The van der Waals surface area contributed by atoms with Crippen LogP contribution in [0, 0.1) is 6.92 Å². The van der Waals surface area contributed by atoms with E-state index in [1.54, 1.807) is 13.0 Å². The molecule has 0 amide bonds. The fourth-order valence-corrected chi connectivity index (χ4v) is 1.42. The molecule has 0 aliphatic carbocycles. The fourth-order valence-electron chi connectivity index (χ4n) is 1.42. The van der Waals surface area contributed by atoms with Crippen LogP contribution in [0.5, 0.6) is 0 Å². The third kappa shape index (κ3) is 3.35. The summed E-state index contributed by atoms with van der Waals surface area (Å²) in [7, 11) is 0. The molecule has 2 heterocycles. The van der Waals surface area contributed by atoms with Crippen LogP contribution < -0.4 is 16.6 Å². The van der Waals surface area contributed by atoms with Crippen molar-refractivity contribution in [3.8, 4) is 0 Å². The minimum Gasteiger partial charge on any atom is -0.363 e. The Balaban J connectivity index is 2.18. The molecule has 2 rings (SSSR count). The lowest BCUT2D eigenvalue weighted by Gasteiger charge is -2.10. The summed E-state index contributed by atoms with van der Waals surface area (Å²) in [5.41, 5.74) is 1.55. The monoisotopic (exact) mass is 288 g/mol.